The van der Waals surface area contributed by atoms with Crippen molar-refractivity contribution in [3.8, 4) is 0 Å². The van der Waals surface area contributed by atoms with Crippen molar-refractivity contribution in [3.05, 3.63) is 108 Å². The summed E-state index contributed by atoms with van der Waals surface area (Å²) in [6.45, 7) is -0.533. The molecule has 3 aromatic rings. The maximum atomic E-state index is 12.0. The van der Waals surface area contributed by atoms with Gasteiger partial charge in [0.25, 0.3) is 0 Å². The van der Waals surface area contributed by atoms with Gasteiger partial charge in [-0.3, -0.25) is 0 Å². The summed E-state index contributed by atoms with van der Waals surface area (Å²) in [7, 11) is 0. The molecular weight excluding hydrogens is 368 g/mol. The molecule has 3 aromatic carbocycles. The van der Waals surface area contributed by atoms with E-state index in [1.165, 1.54) is 0 Å². The molecule has 1 aliphatic heterocycles. The Bertz CT molecular complexity index is 835. The molecule has 5 nitrogen and oxygen atoms in total. The Kier molecular flexibility index (Phi) is 5.25. The third kappa shape index (κ3) is 2.90. The van der Waals surface area contributed by atoms with Crippen LogP contribution in [0.5, 0.6) is 0 Å². The minimum absolute atomic E-state index is 0.533. The summed E-state index contributed by atoms with van der Waals surface area (Å²) in [6, 6.07) is 27.8. The summed E-state index contributed by atoms with van der Waals surface area (Å²) in [4.78, 5) is 0. The fraction of sp³-hybridized carbons (Fsp3) is 0.250. The monoisotopic (exact) mass is 392 g/mol. The predicted molar refractivity (Wildman–Crippen MR) is 108 cm³/mol. The highest BCUT2D eigenvalue weighted by Crippen LogP contribution is 2.52. The van der Waals surface area contributed by atoms with Crippen molar-refractivity contribution in [1.29, 1.82) is 0 Å². The molecule has 4 N–H and O–H groups in total. The highest BCUT2D eigenvalue weighted by molar-refractivity contribution is 5.54. The average molecular weight is 392 g/mol. The van der Waals surface area contributed by atoms with E-state index in [1.807, 2.05) is 91.0 Å². The molecule has 0 saturated carbocycles. The third-order valence-corrected chi connectivity index (χ3v) is 5.77. The number of aliphatic hydroxyl groups excluding tert-OH is 3. The van der Waals surface area contributed by atoms with Gasteiger partial charge in [0, 0.05) is 0 Å². The average Bonchev–Trinajstić information content (AvgIpc) is 3.01. The normalized spacial score (nSPS) is 27.1. The highest BCUT2D eigenvalue weighted by Gasteiger charge is 2.66. The molecule has 1 saturated heterocycles. The lowest BCUT2D eigenvalue weighted by Gasteiger charge is -2.47. The molecule has 1 unspecified atom stereocenters. The lowest BCUT2D eigenvalue weighted by Crippen LogP contribution is -2.60. The SMILES string of the molecule is OC[C@H]1OC(O)(C(c2ccccc2)(c2ccccc2)c2ccccc2)[C@H](O)[C@@H]1O. The number of hydrogen-bond acceptors (Lipinski definition) is 5. The second kappa shape index (κ2) is 7.71. The molecule has 1 aliphatic rings. The van der Waals surface area contributed by atoms with E-state index in [0.29, 0.717) is 16.7 Å². The van der Waals surface area contributed by atoms with Crippen LogP contribution in [0.15, 0.2) is 91.0 Å². The first kappa shape index (κ1) is 19.8. The van der Waals surface area contributed by atoms with Crippen LogP contribution in [0.1, 0.15) is 16.7 Å². The molecule has 1 heterocycles. The highest BCUT2D eigenvalue weighted by atomic mass is 16.7. The van der Waals surface area contributed by atoms with Gasteiger partial charge in [-0.05, 0) is 16.7 Å². The quantitative estimate of drug-likeness (QED) is 0.498. The van der Waals surface area contributed by atoms with Gasteiger partial charge in [-0.15, -0.1) is 0 Å². The van der Waals surface area contributed by atoms with E-state index in [0.717, 1.165) is 0 Å². The Morgan fingerprint density at radius 1 is 0.724 bits per heavy atom. The first-order valence-electron chi connectivity index (χ1n) is 9.59. The van der Waals surface area contributed by atoms with E-state index in [9.17, 15) is 20.4 Å². The Labute approximate surface area is 169 Å². The van der Waals surface area contributed by atoms with E-state index in [2.05, 4.69) is 0 Å². The van der Waals surface area contributed by atoms with Crippen molar-refractivity contribution in [2.75, 3.05) is 6.61 Å². The van der Waals surface area contributed by atoms with Crippen LogP contribution in [0.3, 0.4) is 0 Å². The molecule has 1 fully saturated rings. The van der Waals surface area contributed by atoms with Gasteiger partial charge in [0.05, 0.1) is 6.61 Å². The zero-order valence-electron chi connectivity index (χ0n) is 15.8. The van der Waals surface area contributed by atoms with Gasteiger partial charge in [0.1, 0.15) is 23.7 Å². The zero-order valence-corrected chi connectivity index (χ0v) is 15.8. The summed E-state index contributed by atoms with van der Waals surface area (Å²) in [5.41, 5.74) is 0.695. The Morgan fingerprint density at radius 2 is 1.10 bits per heavy atom. The lowest BCUT2D eigenvalue weighted by atomic mass is 9.62. The number of hydrogen-bond donors (Lipinski definition) is 4. The molecule has 0 aliphatic carbocycles. The molecule has 0 aromatic heterocycles. The summed E-state index contributed by atoms with van der Waals surface area (Å²) >= 11 is 0. The molecule has 4 atom stereocenters. The van der Waals surface area contributed by atoms with Crippen LogP contribution in [-0.4, -0.2) is 51.1 Å². The summed E-state index contributed by atoms with van der Waals surface area (Å²) < 4.78 is 5.86. The van der Waals surface area contributed by atoms with Crippen LogP contribution in [-0.2, 0) is 10.2 Å². The number of rotatable bonds is 5. The zero-order chi connectivity index (χ0) is 20.5. The fourth-order valence-corrected chi connectivity index (χ4v) is 4.45. The van der Waals surface area contributed by atoms with E-state index in [-0.39, 0.29) is 0 Å². The van der Waals surface area contributed by atoms with Gasteiger partial charge in [-0.1, -0.05) is 91.0 Å². The number of benzene rings is 3. The van der Waals surface area contributed by atoms with E-state index in [1.54, 1.807) is 0 Å². The molecular formula is C24H24O5. The molecule has 0 amide bonds. The molecule has 5 heteroatoms. The minimum atomic E-state index is -2.23. The molecule has 150 valence electrons. The summed E-state index contributed by atoms with van der Waals surface area (Å²) in [5.74, 6) is -2.23. The van der Waals surface area contributed by atoms with Crippen molar-refractivity contribution < 1.29 is 25.2 Å². The first-order chi connectivity index (χ1) is 14.1. The topological polar surface area (TPSA) is 90.2 Å². The lowest BCUT2D eigenvalue weighted by molar-refractivity contribution is -0.256. The summed E-state index contributed by atoms with van der Waals surface area (Å²) in [6.07, 6.45) is -4.22. The molecule has 29 heavy (non-hydrogen) atoms. The van der Waals surface area contributed by atoms with Crippen molar-refractivity contribution in [3.63, 3.8) is 0 Å². The van der Waals surface area contributed by atoms with Gasteiger partial charge in [0.15, 0.2) is 0 Å². The first-order valence-corrected chi connectivity index (χ1v) is 9.59. The number of ether oxygens (including phenoxy) is 1. The second-order valence-electron chi connectivity index (χ2n) is 7.32. The van der Waals surface area contributed by atoms with Crippen LogP contribution in [0.25, 0.3) is 0 Å². The second-order valence-corrected chi connectivity index (χ2v) is 7.32. The van der Waals surface area contributed by atoms with Crippen molar-refractivity contribution in [1.82, 2.24) is 0 Å². The molecule has 0 spiro atoms. The van der Waals surface area contributed by atoms with Crippen molar-refractivity contribution in [2.24, 2.45) is 0 Å². The van der Waals surface area contributed by atoms with E-state index >= 15 is 0 Å². The van der Waals surface area contributed by atoms with Crippen molar-refractivity contribution >= 4 is 0 Å². The van der Waals surface area contributed by atoms with Gasteiger partial charge in [-0.2, -0.15) is 0 Å². The van der Waals surface area contributed by atoms with Gasteiger partial charge >= 0.3 is 0 Å². The predicted octanol–water partition coefficient (Wildman–Crippen LogP) is 1.82. The smallest absolute Gasteiger partial charge is 0.213 e. The largest absolute Gasteiger partial charge is 0.394 e. The molecule has 4 rings (SSSR count). The maximum Gasteiger partial charge on any atom is 0.213 e. The third-order valence-electron chi connectivity index (χ3n) is 5.77. The standard InChI is InChI=1S/C24H24O5/c25-16-20-21(26)22(27)24(28,29-20)23(17-10-4-1-5-11-17,18-12-6-2-7-13-18)19-14-8-3-9-15-19/h1-15,20-22,25-28H,16H2/t20-,21-,22-,24?/m1/s1. The Morgan fingerprint density at radius 3 is 1.41 bits per heavy atom. The van der Waals surface area contributed by atoms with E-state index < -0.39 is 36.1 Å². The Balaban J connectivity index is 2.09. The van der Waals surface area contributed by atoms with E-state index in [4.69, 9.17) is 4.74 Å². The van der Waals surface area contributed by atoms with Crippen molar-refractivity contribution in [2.45, 2.75) is 29.5 Å². The van der Waals surface area contributed by atoms with Gasteiger partial charge < -0.3 is 25.2 Å². The van der Waals surface area contributed by atoms with Gasteiger partial charge in [-0.25, -0.2) is 0 Å². The molecule has 0 radical (unpaired) electrons. The maximum absolute atomic E-state index is 12.0. The number of aliphatic hydroxyl groups is 4. The summed E-state index contributed by atoms with van der Waals surface area (Å²) in [5, 5.41) is 43.1. The fourth-order valence-electron chi connectivity index (χ4n) is 4.45. The van der Waals surface area contributed by atoms with Crippen LogP contribution >= 0.6 is 0 Å². The van der Waals surface area contributed by atoms with Crippen LogP contribution in [0.2, 0.25) is 0 Å². The molecule has 0 bridgehead atoms. The Hall–Kier alpha value is -2.54. The van der Waals surface area contributed by atoms with Crippen LogP contribution in [0.4, 0.5) is 0 Å². The van der Waals surface area contributed by atoms with Crippen LogP contribution in [0, 0.1) is 0 Å². The van der Waals surface area contributed by atoms with Gasteiger partial charge in [0.2, 0.25) is 5.79 Å². The van der Waals surface area contributed by atoms with Crippen LogP contribution < -0.4 is 0 Å². The minimum Gasteiger partial charge on any atom is -0.394 e.